The summed E-state index contributed by atoms with van der Waals surface area (Å²) < 4.78 is 10.3. The molecule has 1 aliphatic carbocycles. The smallest absolute Gasteiger partial charge is 0.228 e. The summed E-state index contributed by atoms with van der Waals surface area (Å²) in [7, 11) is 1.06. The van der Waals surface area contributed by atoms with Crippen LogP contribution in [0.4, 0.5) is 0 Å². The van der Waals surface area contributed by atoms with Crippen LogP contribution in [0.15, 0.2) is 114 Å². The van der Waals surface area contributed by atoms with Crippen LogP contribution >= 0.6 is 7.26 Å². The number of carbonyl (C=O) groups is 2. The van der Waals surface area contributed by atoms with Crippen molar-refractivity contribution in [2.45, 2.75) is 64.7 Å². The highest BCUT2D eigenvalue weighted by Crippen LogP contribution is 2.56. The fraction of sp³-hybridized carbons (Fsp3) is 0.351. The highest BCUT2D eigenvalue weighted by atomic mass is 31.2. The molecule has 0 atom stereocenters. The zero-order chi connectivity index (χ0) is 29.8. The van der Waals surface area contributed by atoms with Crippen LogP contribution in [0.2, 0.25) is 0 Å². The van der Waals surface area contributed by atoms with Gasteiger partial charge in [-0.15, -0.1) is 0 Å². The normalized spacial score (nSPS) is 14.0. The molecule has 0 N–H and O–H groups in total. The molecule has 0 saturated carbocycles. The highest BCUT2D eigenvalue weighted by Gasteiger charge is 2.44. The fourth-order valence-electron chi connectivity index (χ4n) is 6.09. The van der Waals surface area contributed by atoms with Gasteiger partial charge >= 0.3 is 0 Å². The Hall–Kier alpha value is -3.49. The number of Topliss-reactive ketones (excluding diaryl/α,β-unsaturated/α-hetero) is 2. The molecule has 1 aliphatic rings. The van der Waals surface area contributed by atoms with Crippen molar-refractivity contribution < 1.29 is 19.1 Å². The molecular formula is C37H44O4P+. The number of methoxy groups -OCH3 is 2. The topological polar surface area (TPSA) is 52.6 Å². The van der Waals surface area contributed by atoms with Crippen LogP contribution in [-0.2, 0) is 19.1 Å². The van der Waals surface area contributed by atoms with E-state index in [1.54, 1.807) is 6.92 Å². The molecule has 0 aliphatic heterocycles. The average molecular weight is 584 g/mol. The summed E-state index contributed by atoms with van der Waals surface area (Å²) in [6.45, 7) is 1.71. The Morgan fingerprint density at radius 2 is 0.905 bits per heavy atom. The summed E-state index contributed by atoms with van der Waals surface area (Å²) in [5.74, 6) is -0.421. The molecule has 0 radical (unpaired) electrons. The molecule has 0 heterocycles. The summed E-state index contributed by atoms with van der Waals surface area (Å²) in [5.41, 5.74) is 1.05. The summed E-state index contributed by atoms with van der Waals surface area (Å²) in [5, 5.41) is 4.37. The number of allylic oxidation sites excluding steroid dienone is 2. The van der Waals surface area contributed by atoms with Crippen LogP contribution < -0.4 is 15.9 Å². The number of hydrogen-bond acceptors (Lipinski definition) is 4. The zero-order valence-corrected chi connectivity index (χ0v) is 26.2. The number of rotatable bonds is 16. The van der Waals surface area contributed by atoms with Gasteiger partial charge in [0.05, 0.1) is 20.4 Å². The molecular weight excluding hydrogens is 539 g/mol. The molecule has 3 aromatic carbocycles. The fourth-order valence-corrected chi connectivity index (χ4v) is 10.5. The zero-order valence-electron chi connectivity index (χ0n) is 25.3. The van der Waals surface area contributed by atoms with Gasteiger partial charge < -0.3 is 9.47 Å². The van der Waals surface area contributed by atoms with Gasteiger partial charge in [0, 0.05) is 11.1 Å². The minimum absolute atomic E-state index is 0.0134. The Kier molecular flexibility index (Phi) is 11.7. The van der Waals surface area contributed by atoms with Crippen molar-refractivity contribution in [3.63, 3.8) is 0 Å². The lowest BCUT2D eigenvalue weighted by Gasteiger charge is -2.27. The first-order valence-corrected chi connectivity index (χ1v) is 17.2. The maximum Gasteiger partial charge on any atom is 0.228 e. The second-order valence-corrected chi connectivity index (χ2v) is 14.6. The number of benzene rings is 3. The molecule has 4 nitrogen and oxygen atoms in total. The Bertz CT molecular complexity index is 1280. The molecule has 0 unspecified atom stereocenters. The van der Waals surface area contributed by atoms with E-state index < -0.39 is 7.26 Å². The second-order valence-electron chi connectivity index (χ2n) is 10.9. The first kappa shape index (κ1) is 31.4. The van der Waals surface area contributed by atoms with E-state index >= 15 is 0 Å². The minimum atomic E-state index is -1.74. The quantitative estimate of drug-likeness (QED) is 0.0998. The van der Waals surface area contributed by atoms with Crippen molar-refractivity contribution in [3.8, 4) is 0 Å². The van der Waals surface area contributed by atoms with Crippen molar-refractivity contribution in [1.29, 1.82) is 0 Å². The first-order valence-electron chi connectivity index (χ1n) is 15.2. The number of carbonyl (C=O) groups excluding carboxylic acids is 2. The van der Waals surface area contributed by atoms with Crippen molar-refractivity contribution in [2.75, 3.05) is 20.4 Å². The molecule has 0 aromatic heterocycles. The van der Waals surface area contributed by atoms with Crippen LogP contribution in [0.5, 0.6) is 0 Å². The van der Waals surface area contributed by atoms with Gasteiger partial charge in [0.15, 0.2) is 0 Å². The van der Waals surface area contributed by atoms with Gasteiger partial charge in [0.25, 0.3) is 0 Å². The molecule has 0 fully saturated rings. The van der Waals surface area contributed by atoms with Crippen molar-refractivity contribution in [3.05, 3.63) is 114 Å². The van der Waals surface area contributed by atoms with Gasteiger partial charge in [0.2, 0.25) is 23.1 Å². The standard InChI is InChI=1S/C37H44O4P/c1-29-33(35(39)37(41-3)36(40-2)34(29)38)27-19-8-6-4-5-7-9-20-28-42(30-21-13-10-14-22-30,31-23-15-11-16-24-31)32-25-17-12-18-26-32/h10-18,21-26H,4-9,19-20,27-28H2,1-3H3/q+1. The van der Waals surface area contributed by atoms with Crippen molar-refractivity contribution in [2.24, 2.45) is 0 Å². The lowest BCUT2D eigenvalue weighted by molar-refractivity contribution is -0.121. The Morgan fingerprint density at radius 1 is 0.524 bits per heavy atom. The van der Waals surface area contributed by atoms with Gasteiger partial charge in [0.1, 0.15) is 23.2 Å². The van der Waals surface area contributed by atoms with Crippen LogP contribution in [-0.4, -0.2) is 31.9 Å². The maximum absolute atomic E-state index is 12.8. The lowest BCUT2D eigenvalue weighted by Crippen LogP contribution is -2.33. The van der Waals surface area contributed by atoms with E-state index in [1.807, 2.05) is 0 Å². The van der Waals surface area contributed by atoms with Crippen LogP contribution in [0.25, 0.3) is 0 Å². The van der Waals surface area contributed by atoms with Gasteiger partial charge in [-0.2, -0.15) is 0 Å². The Balaban J connectivity index is 1.27. The summed E-state index contributed by atoms with van der Waals surface area (Å²) in [6.07, 6.45) is 10.9. The number of unbranched alkanes of at least 4 members (excludes halogenated alkanes) is 7. The first-order chi connectivity index (χ1) is 20.5. The van der Waals surface area contributed by atoms with Crippen LogP contribution in [0.3, 0.4) is 0 Å². The molecule has 3 aromatic rings. The van der Waals surface area contributed by atoms with E-state index in [1.165, 1.54) is 68.4 Å². The van der Waals surface area contributed by atoms with Crippen molar-refractivity contribution in [1.82, 2.24) is 0 Å². The van der Waals surface area contributed by atoms with Crippen LogP contribution in [0, 0.1) is 0 Å². The van der Waals surface area contributed by atoms with E-state index in [9.17, 15) is 9.59 Å². The van der Waals surface area contributed by atoms with Gasteiger partial charge in [-0.3, -0.25) is 9.59 Å². The summed E-state index contributed by atoms with van der Waals surface area (Å²) in [6, 6.07) is 33.4. The monoisotopic (exact) mass is 583 g/mol. The lowest BCUT2D eigenvalue weighted by atomic mass is 9.89. The van der Waals surface area contributed by atoms with Crippen molar-refractivity contribution >= 4 is 34.7 Å². The molecule has 0 bridgehead atoms. The number of ether oxygens (including phenoxy) is 2. The Labute approximate surface area is 252 Å². The Morgan fingerprint density at radius 3 is 1.33 bits per heavy atom. The van der Waals surface area contributed by atoms with E-state index in [-0.39, 0.29) is 23.1 Å². The van der Waals surface area contributed by atoms with Gasteiger partial charge in [-0.1, -0.05) is 86.7 Å². The number of ketones is 2. The molecule has 0 amide bonds. The SMILES string of the molecule is COC1=C(OC)C(=O)C(CCCCCCCCCC[P+](c2ccccc2)(c2ccccc2)c2ccccc2)=C(C)C1=O. The van der Waals surface area contributed by atoms with E-state index in [0.717, 1.165) is 19.3 Å². The third-order valence-corrected chi connectivity index (χ3v) is 12.9. The largest absolute Gasteiger partial charge is 0.489 e. The third-order valence-electron chi connectivity index (χ3n) is 8.36. The molecule has 4 rings (SSSR count). The second kappa shape index (κ2) is 15.7. The minimum Gasteiger partial charge on any atom is -0.489 e. The molecule has 220 valence electrons. The summed E-state index contributed by atoms with van der Waals surface area (Å²) in [4.78, 5) is 25.4. The van der Waals surface area contributed by atoms with Crippen LogP contribution in [0.1, 0.15) is 64.7 Å². The third kappa shape index (κ3) is 7.10. The highest BCUT2D eigenvalue weighted by molar-refractivity contribution is 7.95. The van der Waals surface area contributed by atoms with E-state index in [0.29, 0.717) is 17.6 Å². The number of hydrogen-bond donors (Lipinski definition) is 0. The molecule has 0 spiro atoms. The molecule has 5 heteroatoms. The maximum atomic E-state index is 12.8. The van der Waals surface area contributed by atoms with Gasteiger partial charge in [-0.25, -0.2) is 0 Å². The summed E-state index contributed by atoms with van der Waals surface area (Å²) >= 11 is 0. The van der Waals surface area contributed by atoms with E-state index in [2.05, 4.69) is 91.0 Å². The predicted octanol–water partition coefficient (Wildman–Crippen LogP) is 7.46. The van der Waals surface area contributed by atoms with E-state index in [4.69, 9.17) is 9.47 Å². The van der Waals surface area contributed by atoms with Gasteiger partial charge in [-0.05, 0) is 69.0 Å². The average Bonchev–Trinajstić information content (AvgIpc) is 3.04. The molecule has 42 heavy (non-hydrogen) atoms. The predicted molar refractivity (Wildman–Crippen MR) is 175 cm³/mol. The molecule has 0 saturated heterocycles.